The quantitative estimate of drug-likeness (QED) is 0.577. The maximum Gasteiger partial charge on any atom is 0.221 e. The van der Waals surface area contributed by atoms with Gasteiger partial charge in [-0.05, 0) is 26.3 Å². The average molecular weight is 214 g/mol. The maximum atomic E-state index is 11.4. The van der Waals surface area contributed by atoms with Crippen LogP contribution in [-0.2, 0) is 4.79 Å². The summed E-state index contributed by atoms with van der Waals surface area (Å²) in [6.07, 6.45) is 5.32. The Morgan fingerprint density at radius 2 is 1.93 bits per heavy atom. The lowest BCUT2D eigenvalue weighted by molar-refractivity contribution is -0.121. The van der Waals surface area contributed by atoms with Crippen LogP contribution in [-0.4, -0.2) is 25.0 Å². The van der Waals surface area contributed by atoms with Crippen LogP contribution in [0.25, 0.3) is 0 Å². The summed E-state index contributed by atoms with van der Waals surface area (Å²) in [5.41, 5.74) is 0. The van der Waals surface area contributed by atoms with E-state index in [0.717, 1.165) is 19.5 Å². The largest absolute Gasteiger partial charge is 0.354 e. The summed E-state index contributed by atoms with van der Waals surface area (Å²) in [6, 6.07) is 0.303. The third kappa shape index (κ3) is 9.73. The van der Waals surface area contributed by atoms with Crippen molar-refractivity contribution < 1.29 is 4.79 Å². The van der Waals surface area contributed by atoms with E-state index in [4.69, 9.17) is 0 Å². The Hall–Kier alpha value is -0.570. The minimum absolute atomic E-state index is 0.160. The topological polar surface area (TPSA) is 41.1 Å². The molecule has 1 atom stereocenters. The third-order valence-electron chi connectivity index (χ3n) is 2.51. The van der Waals surface area contributed by atoms with E-state index in [1.54, 1.807) is 0 Å². The van der Waals surface area contributed by atoms with Gasteiger partial charge in [-0.15, -0.1) is 0 Å². The molecule has 0 heterocycles. The summed E-state index contributed by atoms with van der Waals surface area (Å²) in [4.78, 5) is 11.4. The van der Waals surface area contributed by atoms with Gasteiger partial charge >= 0.3 is 0 Å². The lowest BCUT2D eigenvalue weighted by Crippen LogP contribution is -2.34. The second-order valence-corrected chi connectivity index (χ2v) is 4.08. The fourth-order valence-corrected chi connectivity index (χ4v) is 1.28. The molecular weight excluding hydrogens is 188 g/mol. The number of rotatable bonds is 9. The predicted octanol–water partition coefficient (Wildman–Crippen LogP) is 2.07. The normalized spacial score (nSPS) is 12.5. The molecule has 3 nitrogen and oxygen atoms in total. The van der Waals surface area contributed by atoms with E-state index < -0.39 is 0 Å². The highest BCUT2D eigenvalue weighted by molar-refractivity contribution is 5.76. The first-order valence-electron chi connectivity index (χ1n) is 6.20. The molecule has 3 heteroatoms. The lowest BCUT2D eigenvalue weighted by Gasteiger charge is -2.11. The van der Waals surface area contributed by atoms with Gasteiger partial charge in [0.25, 0.3) is 0 Å². The first kappa shape index (κ1) is 14.4. The molecule has 0 saturated heterocycles. The fraction of sp³-hybridized carbons (Fsp3) is 0.917. The standard InChI is InChI=1S/C12H26N2O/c1-4-6-7-9-13-10-8-12(15)14-11(3)5-2/h11,13H,4-10H2,1-3H3,(H,14,15). The van der Waals surface area contributed by atoms with Crippen molar-refractivity contribution in [3.8, 4) is 0 Å². The van der Waals surface area contributed by atoms with Crippen LogP contribution in [0.2, 0.25) is 0 Å². The Kier molecular flexibility index (Phi) is 9.59. The molecule has 0 rings (SSSR count). The Morgan fingerprint density at radius 3 is 2.53 bits per heavy atom. The molecule has 0 aliphatic heterocycles. The van der Waals surface area contributed by atoms with Gasteiger partial charge in [-0.25, -0.2) is 0 Å². The highest BCUT2D eigenvalue weighted by atomic mass is 16.1. The van der Waals surface area contributed by atoms with Crippen LogP contribution >= 0.6 is 0 Å². The number of hydrogen-bond acceptors (Lipinski definition) is 2. The Balaban J connectivity index is 3.24. The number of amides is 1. The van der Waals surface area contributed by atoms with Crippen LogP contribution in [0.4, 0.5) is 0 Å². The number of hydrogen-bond donors (Lipinski definition) is 2. The molecule has 2 N–H and O–H groups in total. The minimum Gasteiger partial charge on any atom is -0.354 e. The van der Waals surface area contributed by atoms with Gasteiger partial charge in [0.2, 0.25) is 5.91 Å². The van der Waals surface area contributed by atoms with E-state index in [0.29, 0.717) is 12.5 Å². The zero-order valence-corrected chi connectivity index (χ0v) is 10.4. The van der Waals surface area contributed by atoms with Crippen molar-refractivity contribution in [1.29, 1.82) is 0 Å². The molecule has 0 radical (unpaired) electrons. The highest BCUT2D eigenvalue weighted by Crippen LogP contribution is 1.92. The second kappa shape index (κ2) is 9.97. The number of unbranched alkanes of at least 4 members (excludes halogenated alkanes) is 2. The van der Waals surface area contributed by atoms with E-state index >= 15 is 0 Å². The monoisotopic (exact) mass is 214 g/mol. The summed E-state index contributed by atoms with van der Waals surface area (Å²) >= 11 is 0. The van der Waals surface area contributed by atoms with Crippen LogP contribution in [0.3, 0.4) is 0 Å². The van der Waals surface area contributed by atoms with E-state index in [2.05, 4.69) is 24.5 Å². The van der Waals surface area contributed by atoms with Gasteiger partial charge < -0.3 is 10.6 Å². The predicted molar refractivity (Wildman–Crippen MR) is 64.9 cm³/mol. The van der Waals surface area contributed by atoms with Crippen LogP contribution in [0, 0.1) is 0 Å². The van der Waals surface area contributed by atoms with Gasteiger partial charge in [-0.3, -0.25) is 4.79 Å². The van der Waals surface area contributed by atoms with Crippen molar-refractivity contribution in [3.05, 3.63) is 0 Å². The first-order valence-corrected chi connectivity index (χ1v) is 6.20. The summed E-state index contributed by atoms with van der Waals surface area (Å²) in [7, 11) is 0. The van der Waals surface area contributed by atoms with Crippen LogP contribution in [0.1, 0.15) is 52.9 Å². The fourth-order valence-electron chi connectivity index (χ4n) is 1.28. The van der Waals surface area contributed by atoms with Gasteiger partial charge in [0.15, 0.2) is 0 Å². The van der Waals surface area contributed by atoms with E-state index in [1.807, 2.05) is 6.92 Å². The summed E-state index contributed by atoms with van der Waals surface area (Å²) < 4.78 is 0. The number of carbonyl (C=O) groups is 1. The molecule has 90 valence electrons. The van der Waals surface area contributed by atoms with E-state index in [9.17, 15) is 4.79 Å². The molecular formula is C12H26N2O. The van der Waals surface area contributed by atoms with E-state index in [-0.39, 0.29) is 5.91 Å². The van der Waals surface area contributed by atoms with Crippen molar-refractivity contribution in [2.75, 3.05) is 13.1 Å². The average Bonchev–Trinajstić information content (AvgIpc) is 2.23. The van der Waals surface area contributed by atoms with Crippen molar-refractivity contribution in [3.63, 3.8) is 0 Å². The van der Waals surface area contributed by atoms with E-state index in [1.165, 1.54) is 19.3 Å². The Labute approximate surface area is 94.0 Å². The highest BCUT2D eigenvalue weighted by Gasteiger charge is 2.03. The third-order valence-corrected chi connectivity index (χ3v) is 2.51. The van der Waals surface area contributed by atoms with Gasteiger partial charge in [0.1, 0.15) is 0 Å². The Morgan fingerprint density at radius 1 is 1.20 bits per heavy atom. The maximum absolute atomic E-state index is 11.4. The van der Waals surface area contributed by atoms with Crippen molar-refractivity contribution in [1.82, 2.24) is 10.6 Å². The smallest absolute Gasteiger partial charge is 0.221 e. The lowest BCUT2D eigenvalue weighted by atomic mass is 10.2. The van der Waals surface area contributed by atoms with Crippen LogP contribution in [0.15, 0.2) is 0 Å². The molecule has 0 aliphatic carbocycles. The van der Waals surface area contributed by atoms with Gasteiger partial charge in [-0.2, -0.15) is 0 Å². The molecule has 1 unspecified atom stereocenters. The van der Waals surface area contributed by atoms with Crippen molar-refractivity contribution >= 4 is 5.91 Å². The molecule has 15 heavy (non-hydrogen) atoms. The molecule has 0 saturated carbocycles. The summed E-state index contributed by atoms with van der Waals surface area (Å²) in [6.45, 7) is 8.14. The number of carbonyl (C=O) groups excluding carboxylic acids is 1. The van der Waals surface area contributed by atoms with Crippen LogP contribution in [0.5, 0.6) is 0 Å². The molecule has 0 bridgehead atoms. The van der Waals surface area contributed by atoms with Gasteiger partial charge in [0.05, 0.1) is 0 Å². The molecule has 0 aliphatic rings. The molecule has 0 fully saturated rings. The second-order valence-electron chi connectivity index (χ2n) is 4.08. The zero-order chi connectivity index (χ0) is 11.5. The Bertz CT molecular complexity index is 160. The van der Waals surface area contributed by atoms with Gasteiger partial charge in [0, 0.05) is 19.0 Å². The minimum atomic E-state index is 0.160. The number of nitrogens with one attached hydrogen (secondary N) is 2. The molecule has 1 amide bonds. The summed E-state index contributed by atoms with van der Waals surface area (Å²) in [5, 5.41) is 6.23. The first-order chi connectivity index (χ1) is 7.20. The van der Waals surface area contributed by atoms with Gasteiger partial charge in [-0.1, -0.05) is 26.7 Å². The molecule has 0 spiro atoms. The zero-order valence-electron chi connectivity index (χ0n) is 10.4. The van der Waals surface area contributed by atoms with Crippen molar-refractivity contribution in [2.45, 2.75) is 58.9 Å². The molecule has 0 aromatic heterocycles. The summed E-state index contributed by atoms with van der Waals surface area (Å²) in [5.74, 6) is 0.160. The van der Waals surface area contributed by atoms with Crippen molar-refractivity contribution in [2.24, 2.45) is 0 Å². The molecule has 0 aromatic rings. The van der Waals surface area contributed by atoms with Crippen LogP contribution < -0.4 is 10.6 Å². The SMILES string of the molecule is CCCCCNCCC(=O)NC(C)CC. The molecule has 0 aromatic carbocycles.